The zero-order chi connectivity index (χ0) is 21.7. The SMILES string of the molecule is CCCC(=S)N[C@@H](C)C(=O)NC1N=C(c2ccccn2)c2ccccc2N(C)C1=O. The minimum Gasteiger partial charge on any atom is -0.368 e. The van der Waals surface area contributed by atoms with E-state index >= 15 is 0 Å². The molecule has 7 nitrogen and oxygen atoms in total. The lowest BCUT2D eigenvalue weighted by Crippen LogP contribution is -2.52. The summed E-state index contributed by atoms with van der Waals surface area (Å²) in [6.45, 7) is 3.73. The van der Waals surface area contributed by atoms with Crippen molar-refractivity contribution in [1.82, 2.24) is 15.6 Å². The second kappa shape index (κ2) is 9.58. The summed E-state index contributed by atoms with van der Waals surface area (Å²) >= 11 is 5.24. The highest BCUT2D eigenvalue weighted by atomic mass is 32.1. The Hall–Kier alpha value is -3.13. The molecule has 2 N–H and O–H groups in total. The van der Waals surface area contributed by atoms with Crippen LogP contribution in [0.25, 0.3) is 0 Å². The third kappa shape index (κ3) is 4.71. The number of rotatable bonds is 6. The van der Waals surface area contributed by atoms with E-state index in [0.29, 0.717) is 28.5 Å². The number of benzodiazepines with no additional fused rings is 1. The van der Waals surface area contributed by atoms with Gasteiger partial charge in [-0.15, -0.1) is 0 Å². The molecule has 0 radical (unpaired) electrons. The van der Waals surface area contributed by atoms with E-state index in [-0.39, 0.29) is 11.8 Å². The standard InChI is InChI=1S/C22H25N5O2S/c1-4-9-18(30)24-14(2)21(28)26-20-22(29)27(3)17-12-6-5-10-15(17)19(25-20)16-11-7-8-13-23-16/h5-8,10-14,20H,4,9H2,1-3H3,(H,24,30)(H,26,28)/t14-,20?/m0/s1. The maximum atomic E-state index is 13.1. The van der Waals surface area contributed by atoms with E-state index in [1.54, 1.807) is 20.2 Å². The zero-order valence-corrected chi connectivity index (χ0v) is 18.1. The van der Waals surface area contributed by atoms with Crippen LogP contribution < -0.4 is 15.5 Å². The number of nitrogens with zero attached hydrogens (tertiary/aromatic N) is 3. The molecule has 0 bridgehead atoms. The van der Waals surface area contributed by atoms with Crippen LogP contribution in [-0.4, -0.2) is 46.8 Å². The Labute approximate surface area is 181 Å². The molecule has 0 saturated carbocycles. The van der Waals surface area contributed by atoms with Crippen LogP contribution in [-0.2, 0) is 9.59 Å². The van der Waals surface area contributed by atoms with Crippen molar-refractivity contribution >= 4 is 40.4 Å². The minimum atomic E-state index is -1.07. The van der Waals surface area contributed by atoms with E-state index in [9.17, 15) is 9.59 Å². The average Bonchev–Trinajstić information content (AvgIpc) is 2.85. The molecule has 1 aliphatic rings. The van der Waals surface area contributed by atoms with Crippen molar-refractivity contribution in [1.29, 1.82) is 0 Å². The number of fused-ring (bicyclic) bond motifs is 1. The molecule has 0 fully saturated rings. The van der Waals surface area contributed by atoms with Crippen molar-refractivity contribution in [3.63, 3.8) is 0 Å². The van der Waals surface area contributed by atoms with E-state index in [1.807, 2.05) is 49.4 Å². The molecular formula is C22H25N5O2S. The first-order valence-corrected chi connectivity index (χ1v) is 10.3. The lowest BCUT2D eigenvalue weighted by atomic mass is 10.0. The summed E-state index contributed by atoms with van der Waals surface area (Å²) in [4.78, 5) is 37.0. The molecule has 3 rings (SSSR count). The lowest BCUT2D eigenvalue weighted by molar-refractivity contribution is -0.128. The molecule has 156 valence electrons. The molecule has 0 aliphatic carbocycles. The van der Waals surface area contributed by atoms with Gasteiger partial charge in [0.15, 0.2) is 0 Å². The second-order valence-corrected chi connectivity index (χ2v) is 7.55. The number of carbonyl (C=O) groups is 2. The molecule has 1 unspecified atom stereocenters. The molecule has 1 aromatic carbocycles. The Bertz CT molecular complexity index is 977. The monoisotopic (exact) mass is 423 g/mol. The number of likely N-dealkylation sites (N-methyl/N-ethyl adjacent to an activating group) is 1. The third-order valence-corrected chi connectivity index (χ3v) is 5.10. The number of thiocarbonyl (C=S) groups is 1. The number of nitrogens with one attached hydrogen (secondary N) is 2. The number of aromatic nitrogens is 1. The highest BCUT2D eigenvalue weighted by Crippen LogP contribution is 2.26. The fourth-order valence-corrected chi connectivity index (χ4v) is 3.57. The number of para-hydroxylation sites is 1. The van der Waals surface area contributed by atoms with Gasteiger partial charge in [0, 0.05) is 18.8 Å². The summed E-state index contributed by atoms with van der Waals surface area (Å²) in [7, 11) is 1.68. The van der Waals surface area contributed by atoms with Crippen LogP contribution in [0.1, 0.15) is 37.9 Å². The average molecular weight is 424 g/mol. The fraction of sp³-hybridized carbons (Fsp3) is 0.318. The Kier molecular flexibility index (Phi) is 6.89. The van der Waals surface area contributed by atoms with Gasteiger partial charge in [0.1, 0.15) is 6.04 Å². The lowest BCUT2D eigenvalue weighted by Gasteiger charge is -2.22. The Morgan fingerprint density at radius 1 is 1.23 bits per heavy atom. The van der Waals surface area contributed by atoms with E-state index in [2.05, 4.69) is 20.6 Å². The first-order chi connectivity index (χ1) is 14.4. The van der Waals surface area contributed by atoms with Crippen LogP contribution in [0.2, 0.25) is 0 Å². The van der Waals surface area contributed by atoms with Gasteiger partial charge < -0.3 is 15.5 Å². The number of benzene rings is 1. The maximum absolute atomic E-state index is 13.1. The largest absolute Gasteiger partial charge is 0.368 e. The van der Waals surface area contributed by atoms with Gasteiger partial charge >= 0.3 is 0 Å². The number of anilines is 1. The molecule has 2 aromatic rings. The van der Waals surface area contributed by atoms with Crippen molar-refractivity contribution in [2.75, 3.05) is 11.9 Å². The maximum Gasteiger partial charge on any atom is 0.272 e. The molecule has 2 heterocycles. The van der Waals surface area contributed by atoms with E-state index < -0.39 is 12.2 Å². The van der Waals surface area contributed by atoms with Gasteiger partial charge in [-0.25, -0.2) is 4.99 Å². The number of aliphatic imine (C=N–C) groups is 1. The molecule has 0 spiro atoms. The van der Waals surface area contributed by atoms with Gasteiger partial charge in [0.2, 0.25) is 12.1 Å². The summed E-state index contributed by atoms with van der Waals surface area (Å²) in [5.41, 5.74) is 2.66. The summed E-state index contributed by atoms with van der Waals surface area (Å²) in [6.07, 6.45) is 2.19. The summed E-state index contributed by atoms with van der Waals surface area (Å²) < 4.78 is 0. The minimum absolute atomic E-state index is 0.329. The summed E-state index contributed by atoms with van der Waals surface area (Å²) in [5.74, 6) is -0.680. The highest BCUT2D eigenvalue weighted by molar-refractivity contribution is 7.80. The smallest absolute Gasteiger partial charge is 0.272 e. The van der Waals surface area contributed by atoms with Crippen LogP contribution >= 0.6 is 12.2 Å². The van der Waals surface area contributed by atoms with E-state index in [1.165, 1.54) is 4.90 Å². The van der Waals surface area contributed by atoms with Crippen LogP contribution in [0.15, 0.2) is 53.7 Å². The molecular weight excluding hydrogens is 398 g/mol. The quantitative estimate of drug-likeness (QED) is 0.697. The normalized spacial score (nSPS) is 16.8. The first-order valence-electron chi connectivity index (χ1n) is 9.88. The van der Waals surface area contributed by atoms with E-state index in [0.717, 1.165) is 12.0 Å². The number of hydrogen-bond donors (Lipinski definition) is 2. The first kappa shape index (κ1) is 21.6. The molecule has 2 atom stereocenters. The van der Waals surface area contributed by atoms with Crippen LogP contribution in [0.3, 0.4) is 0 Å². The topological polar surface area (TPSA) is 86.7 Å². The number of pyridine rings is 1. The Morgan fingerprint density at radius 3 is 2.67 bits per heavy atom. The highest BCUT2D eigenvalue weighted by Gasteiger charge is 2.32. The summed E-state index contributed by atoms with van der Waals surface area (Å²) in [6, 6.07) is 12.4. The van der Waals surface area contributed by atoms with Gasteiger partial charge in [-0.1, -0.05) is 43.4 Å². The number of amides is 2. The molecule has 1 aliphatic heterocycles. The number of carbonyl (C=O) groups excluding carboxylic acids is 2. The molecule has 0 saturated heterocycles. The van der Waals surface area contributed by atoms with Gasteiger partial charge in [0.05, 0.1) is 22.1 Å². The number of hydrogen-bond acceptors (Lipinski definition) is 5. The van der Waals surface area contributed by atoms with Gasteiger partial charge in [-0.05, 0) is 38.0 Å². The van der Waals surface area contributed by atoms with Gasteiger partial charge in [-0.2, -0.15) is 0 Å². The van der Waals surface area contributed by atoms with Crippen molar-refractivity contribution in [2.24, 2.45) is 4.99 Å². The van der Waals surface area contributed by atoms with Crippen molar-refractivity contribution in [3.05, 3.63) is 59.9 Å². The predicted octanol–water partition coefficient (Wildman–Crippen LogP) is 2.44. The van der Waals surface area contributed by atoms with Crippen molar-refractivity contribution in [2.45, 2.75) is 38.9 Å². The Balaban J connectivity index is 1.94. The summed E-state index contributed by atoms with van der Waals surface area (Å²) in [5, 5.41) is 5.76. The third-order valence-electron chi connectivity index (χ3n) is 4.78. The molecule has 1 aromatic heterocycles. The molecule has 30 heavy (non-hydrogen) atoms. The van der Waals surface area contributed by atoms with E-state index in [4.69, 9.17) is 12.2 Å². The van der Waals surface area contributed by atoms with Crippen molar-refractivity contribution < 1.29 is 9.59 Å². The van der Waals surface area contributed by atoms with Gasteiger partial charge in [-0.3, -0.25) is 14.6 Å². The van der Waals surface area contributed by atoms with Gasteiger partial charge in [0.25, 0.3) is 5.91 Å². The Morgan fingerprint density at radius 2 is 1.97 bits per heavy atom. The fourth-order valence-electron chi connectivity index (χ4n) is 3.19. The van der Waals surface area contributed by atoms with Crippen LogP contribution in [0, 0.1) is 0 Å². The van der Waals surface area contributed by atoms with Crippen molar-refractivity contribution in [3.8, 4) is 0 Å². The molecule has 2 amide bonds. The predicted molar refractivity (Wildman–Crippen MR) is 122 cm³/mol. The zero-order valence-electron chi connectivity index (χ0n) is 17.3. The van der Waals surface area contributed by atoms with Crippen LogP contribution in [0.5, 0.6) is 0 Å². The molecule has 8 heteroatoms. The van der Waals surface area contributed by atoms with Crippen LogP contribution in [0.4, 0.5) is 5.69 Å². The second-order valence-electron chi connectivity index (χ2n) is 7.06.